The van der Waals surface area contributed by atoms with Crippen LogP contribution in [0.1, 0.15) is 24.4 Å². The molecule has 5 N–H and O–H groups in total. The average Bonchev–Trinajstić information content (AvgIpc) is 3.52. The van der Waals surface area contributed by atoms with E-state index in [4.69, 9.17) is 9.47 Å². The topological polar surface area (TPSA) is 186 Å². The summed E-state index contributed by atoms with van der Waals surface area (Å²) in [6.07, 6.45) is 0.0198. The van der Waals surface area contributed by atoms with Crippen LogP contribution < -0.4 is 30.7 Å². The summed E-state index contributed by atoms with van der Waals surface area (Å²) in [5, 5.41) is 25.3. The maximum Gasteiger partial charge on any atom is 0.258 e. The van der Waals surface area contributed by atoms with Crippen LogP contribution in [-0.4, -0.2) is 81.9 Å². The van der Waals surface area contributed by atoms with Crippen LogP contribution in [0.5, 0.6) is 11.5 Å². The van der Waals surface area contributed by atoms with E-state index in [1.165, 1.54) is 28.9 Å². The number of hydrogen-bond donors (Lipinski definition) is 5. The maximum atomic E-state index is 13.5. The fourth-order valence-electron chi connectivity index (χ4n) is 4.98. The zero-order valence-corrected chi connectivity index (χ0v) is 26.6. The van der Waals surface area contributed by atoms with Crippen molar-refractivity contribution in [2.24, 2.45) is 0 Å². The number of aliphatic hydroxyl groups excluding tert-OH is 1. The highest BCUT2D eigenvalue weighted by Gasteiger charge is 2.29. The van der Waals surface area contributed by atoms with Crippen molar-refractivity contribution >= 4 is 23.6 Å². The Balaban J connectivity index is 1.37. The number of hydrogen-bond acceptors (Lipinski definition) is 9. The number of halogens is 1. The van der Waals surface area contributed by atoms with Crippen molar-refractivity contribution in [1.29, 1.82) is 0 Å². The Labute approximate surface area is 281 Å². The van der Waals surface area contributed by atoms with Gasteiger partial charge in [0.05, 0.1) is 19.2 Å². The molecule has 4 amide bonds. The van der Waals surface area contributed by atoms with Crippen LogP contribution in [0.2, 0.25) is 0 Å². The van der Waals surface area contributed by atoms with Gasteiger partial charge in [-0.1, -0.05) is 42.5 Å². The molecule has 3 aromatic carbocycles. The first-order valence-corrected chi connectivity index (χ1v) is 15.6. The molecule has 49 heavy (non-hydrogen) atoms. The minimum absolute atomic E-state index is 0.0198. The minimum Gasteiger partial charge on any atom is -0.492 e. The molecule has 0 saturated carbocycles. The van der Waals surface area contributed by atoms with Crippen molar-refractivity contribution in [3.63, 3.8) is 0 Å². The number of fused-ring (bicyclic) bond motifs is 14. The second-order valence-corrected chi connectivity index (χ2v) is 11.2. The SMILES string of the molecule is C[C@@H]1NC(=O)[C@H](CO)NC(=O)[C@@H](NC(=O)COc2ccc(F)cc2)Cc2ccc(cc2)OCCNC(=O)Cn2nc(-c3ccccc3)nc21. The van der Waals surface area contributed by atoms with Crippen molar-refractivity contribution in [2.45, 2.75) is 38.0 Å². The Bertz CT molecular complexity index is 1750. The molecule has 2 bridgehead atoms. The smallest absolute Gasteiger partial charge is 0.258 e. The summed E-state index contributed by atoms with van der Waals surface area (Å²) < 4.78 is 25.8. The fourth-order valence-corrected chi connectivity index (χ4v) is 4.98. The monoisotopic (exact) mass is 673 g/mol. The molecule has 6 rings (SSSR count). The molecule has 0 spiro atoms. The zero-order valence-electron chi connectivity index (χ0n) is 26.6. The molecule has 0 unspecified atom stereocenters. The summed E-state index contributed by atoms with van der Waals surface area (Å²) in [6.45, 7) is 0.593. The second-order valence-electron chi connectivity index (χ2n) is 11.2. The first-order chi connectivity index (χ1) is 23.7. The standard InChI is InChI=1S/C34H36FN7O7/c1-21-32-40-31(23-5-3-2-4-6-23)41-42(32)18-29(44)36-15-16-48-25-11-7-22(8-12-25)17-27(33(46)39-28(19-43)34(47)37-21)38-30(45)20-49-26-13-9-24(35)10-14-26/h2-14,21,27-28,43H,15-20H2,1H3,(H,36,44)(H,37,47)(H,38,45)(H,39,46)/t21-,27-,28-/m0/s1. The molecule has 14 nitrogen and oxygen atoms in total. The Kier molecular flexibility index (Phi) is 11.5. The number of rotatable bonds is 6. The van der Waals surface area contributed by atoms with Crippen molar-refractivity contribution in [3.8, 4) is 22.9 Å². The van der Waals surface area contributed by atoms with Gasteiger partial charge in [-0.2, -0.15) is 5.10 Å². The molecule has 4 aromatic rings. The number of carbonyl (C=O) groups excluding carboxylic acids is 4. The lowest BCUT2D eigenvalue weighted by molar-refractivity contribution is -0.133. The van der Waals surface area contributed by atoms with E-state index in [2.05, 4.69) is 31.3 Å². The van der Waals surface area contributed by atoms with Gasteiger partial charge in [-0.25, -0.2) is 14.1 Å². The Morgan fingerprint density at radius 2 is 1.76 bits per heavy atom. The molecule has 0 saturated heterocycles. The van der Waals surface area contributed by atoms with Gasteiger partial charge in [-0.3, -0.25) is 19.2 Å². The minimum atomic E-state index is -1.40. The first kappa shape index (κ1) is 34.5. The van der Waals surface area contributed by atoms with Crippen molar-refractivity contribution in [1.82, 2.24) is 36.0 Å². The van der Waals surface area contributed by atoms with E-state index in [1.807, 2.05) is 30.3 Å². The molecule has 3 atom stereocenters. The van der Waals surface area contributed by atoms with Gasteiger partial charge in [0.15, 0.2) is 12.4 Å². The van der Waals surface area contributed by atoms with E-state index in [-0.39, 0.29) is 43.6 Å². The van der Waals surface area contributed by atoms with Gasteiger partial charge in [-0.05, 0) is 48.9 Å². The molecule has 0 radical (unpaired) electrons. The van der Waals surface area contributed by atoms with Gasteiger partial charge < -0.3 is 35.8 Å². The molecule has 2 aliphatic rings. The second kappa shape index (κ2) is 16.3. The van der Waals surface area contributed by atoms with E-state index in [1.54, 1.807) is 31.2 Å². The highest BCUT2D eigenvalue weighted by Crippen LogP contribution is 2.19. The van der Waals surface area contributed by atoms with Crippen LogP contribution in [0.25, 0.3) is 11.4 Å². The number of aromatic nitrogens is 3. The highest BCUT2D eigenvalue weighted by molar-refractivity contribution is 5.92. The highest BCUT2D eigenvalue weighted by atomic mass is 19.1. The molecule has 1 aromatic heterocycles. The summed E-state index contributed by atoms with van der Waals surface area (Å²) in [5.41, 5.74) is 1.35. The van der Waals surface area contributed by atoms with Crippen molar-refractivity contribution in [3.05, 3.63) is 96.1 Å². The number of benzene rings is 3. The van der Waals surface area contributed by atoms with Crippen molar-refractivity contribution in [2.75, 3.05) is 26.4 Å². The number of amides is 4. The summed E-state index contributed by atoms with van der Waals surface area (Å²) in [7, 11) is 0. The molecular formula is C34H36FN7O7. The summed E-state index contributed by atoms with van der Waals surface area (Å²) in [5.74, 6) is -1.56. The normalized spacial score (nSPS) is 19.0. The molecule has 15 heteroatoms. The van der Waals surface area contributed by atoms with Crippen LogP contribution in [0, 0.1) is 5.82 Å². The quantitative estimate of drug-likeness (QED) is 0.200. The predicted molar refractivity (Wildman–Crippen MR) is 174 cm³/mol. The lowest BCUT2D eigenvalue weighted by Gasteiger charge is -2.24. The van der Waals surface area contributed by atoms with Gasteiger partial charge in [0.1, 0.15) is 48.4 Å². The first-order valence-electron chi connectivity index (χ1n) is 15.6. The number of carbonyl (C=O) groups is 4. The zero-order chi connectivity index (χ0) is 34.8. The number of aliphatic hydroxyl groups is 1. The Morgan fingerprint density at radius 1 is 1.02 bits per heavy atom. The van der Waals surface area contributed by atoms with Gasteiger partial charge in [-0.15, -0.1) is 0 Å². The third-order valence-electron chi connectivity index (χ3n) is 7.48. The van der Waals surface area contributed by atoms with Gasteiger partial charge in [0, 0.05) is 12.0 Å². The molecular weight excluding hydrogens is 637 g/mol. The van der Waals surface area contributed by atoms with Crippen LogP contribution in [0.3, 0.4) is 0 Å². The number of nitrogens with zero attached hydrogens (tertiary/aromatic N) is 3. The van der Waals surface area contributed by atoms with E-state index >= 15 is 0 Å². The molecule has 0 fully saturated rings. The maximum absolute atomic E-state index is 13.5. The van der Waals surface area contributed by atoms with Crippen LogP contribution in [0.15, 0.2) is 78.9 Å². The Morgan fingerprint density at radius 3 is 2.47 bits per heavy atom. The van der Waals surface area contributed by atoms with Crippen molar-refractivity contribution < 1.29 is 38.1 Å². The lowest BCUT2D eigenvalue weighted by atomic mass is 10.0. The fraction of sp³-hybridized carbons (Fsp3) is 0.294. The summed E-state index contributed by atoms with van der Waals surface area (Å²) >= 11 is 0. The van der Waals surface area contributed by atoms with Gasteiger partial charge >= 0.3 is 0 Å². The lowest BCUT2D eigenvalue weighted by Crippen LogP contribution is -2.56. The molecule has 256 valence electrons. The average molecular weight is 674 g/mol. The largest absolute Gasteiger partial charge is 0.492 e. The van der Waals surface area contributed by atoms with Crippen LogP contribution in [-0.2, 0) is 32.1 Å². The van der Waals surface area contributed by atoms with E-state index < -0.39 is 54.9 Å². The molecule has 3 heterocycles. The third kappa shape index (κ3) is 9.60. The van der Waals surface area contributed by atoms with Crippen LogP contribution >= 0.6 is 0 Å². The van der Waals surface area contributed by atoms with E-state index in [0.29, 0.717) is 22.7 Å². The Hall–Kier alpha value is -5.83. The van der Waals surface area contributed by atoms with Crippen LogP contribution in [0.4, 0.5) is 4.39 Å². The summed E-state index contributed by atoms with van der Waals surface area (Å²) in [4.78, 5) is 57.2. The number of nitrogens with one attached hydrogen (secondary N) is 4. The van der Waals surface area contributed by atoms with E-state index in [9.17, 15) is 28.7 Å². The molecule has 2 aliphatic heterocycles. The van der Waals surface area contributed by atoms with Gasteiger partial charge in [0.25, 0.3) is 5.91 Å². The third-order valence-corrected chi connectivity index (χ3v) is 7.48. The molecule has 0 aliphatic carbocycles. The van der Waals surface area contributed by atoms with Gasteiger partial charge in [0.2, 0.25) is 17.7 Å². The number of ether oxygens (including phenoxy) is 2. The predicted octanol–water partition coefficient (Wildman–Crippen LogP) is 1.05. The summed E-state index contributed by atoms with van der Waals surface area (Å²) in [6, 6.07) is 17.6. The van der Waals surface area contributed by atoms with E-state index in [0.717, 1.165) is 0 Å².